The van der Waals surface area contributed by atoms with Crippen LogP contribution >= 0.6 is 0 Å². The van der Waals surface area contributed by atoms with Crippen molar-refractivity contribution < 1.29 is 14.3 Å². The van der Waals surface area contributed by atoms with E-state index in [1.165, 1.54) is 4.90 Å². The molecule has 2 rings (SSSR count). The Hall–Kier alpha value is -1.88. The van der Waals surface area contributed by atoms with Crippen LogP contribution < -0.4 is 0 Å². The van der Waals surface area contributed by atoms with E-state index >= 15 is 0 Å². The smallest absolute Gasteiger partial charge is 0.249 e. The Morgan fingerprint density at radius 2 is 2.05 bits per heavy atom. The van der Waals surface area contributed by atoms with E-state index in [9.17, 15) is 9.59 Å². The van der Waals surface area contributed by atoms with Crippen molar-refractivity contribution in [3.8, 4) is 0 Å². The van der Waals surface area contributed by atoms with Crippen molar-refractivity contribution in [1.82, 2.24) is 9.80 Å². The van der Waals surface area contributed by atoms with Crippen LogP contribution in [0.5, 0.6) is 0 Å². The Bertz CT molecular complexity index is 459. The predicted octanol–water partition coefficient (Wildman–Crippen LogP) is 0.502. The summed E-state index contributed by atoms with van der Waals surface area (Å²) < 4.78 is 5.19. The van der Waals surface area contributed by atoms with Gasteiger partial charge in [0.15, 0.2) is 0 Å². The first kappa shape index (κ1) is 13.5. The fourth-order valence-electron chi connectivity index (χ4n) is 2.09. The number of benzene rings is 1. The van der Waals surface area contributed by atoms with Crippen molar-refractivity contribution in [1.29, 1.82) is 0 Å². The van der Waals surface area contributed by atoms with Crippen LogP contribution in [0.25, 0.3) is 0 Å². The molecule has 5 heteroatoms. The minimum absolute atomic E-state index is 0.0457. The zero-order chi connectivity index (χ0) is 13.8. The molecule has 1 atom stereocenters. The van der Waals surface area contributed by atoms with Crippen LogP contribution in [-0.2, 0) is 20.9 Å². The second-order valence-corrected chi connectivity index (χ2v) is 4.77. The molecular weight excluding hydrogens is 244 g/mol. The molecule has 1 aliphatic heterocycles. The van der Waals surface area contributed by atoms with E-state index in [4.69, 9.17) is 4.74 Å². The molecule has 1 aliphatic rings. The summed E-state index contributed by atoms with van der Waals surface area (Å²) >= 11 is 0. The predicted molar refractivity (Wildman–Crippen MR) is 70.3 cm³/mol. The molecule has 0 spiro atoms. The number of hydrogen-bond acceptors (Lipinski definition) is 3. The van der Waals surface area contributed by atoms with Gasteiger partial charge in [0.05, 0.1) is 6.61 Å². The molecule has 102 valence electrons. The Balaban J connectivity index is 2.17. The van der Waals surface area contributed by atoms with Gasteiger partial charge in [0.1, 0.15) is 12.6 Å². The van der Waals surface area contributed by atoms with E-state index in [2.05, 4.69) is 0 Å². The monoisotopic (exact) mass is 262 g/mol. The first-order chi connectivity index (χ1) is 9.09. The average Bonchev–Trinajstić information content (AvgIpc) is 2.41. The molecule has 1 unspecified atom stereocenters. The molecule has 0 saturated carbocycles. The van der Waals surface area contributed by atoms with E-state index in [1.807, 2.05) is 30.3 Å². The van der Waals surface area contributed by atoms with Crippen LogP contribution in [-0.4, -0.2) is 55.0 Å². The Morgan fingerprint density at radius 1 is 1.37 bits per heavy atom. The molecular formula is C14H18N2O3. The highest BCUT2D eigenvalue weighted by molar-refractivity contribution is 5.88. The number of amides is 2. The summed E-state index contributed by atoms with van der Waals surface area (Å²) in [5.74, 6) is -0.251. The van der Waals surface area contributed by atoms with Gasteiger partial charge in [-0.25, -0.2) is 0 Å². The van der Waals surface area contributed by atoms with E-state index in [1.54, 1.807) is 19.0 Å². The van der Waals surface area contributed by atoms with Gasteiger partial charge >= 0.3 is 0 Å². The summed E-state index contributed by atoms with van der Waals surface area (Å²) in [6, 6.07) is 9.12. The first-order valence-electron chi connectivity index (χ1n) is 6.22. The molecule has 1 fully saturated rings. The number of morpholine rings is 1. The number of likely N-dealkylation sites (N-methyl/N-ethyl adjacent to an activating group) is 1. The standard InChI is InChI=1S/C14H18N2O3/c1-15(2)14(18)12-9-19-10-13(17)16(12)8-11-6-4-3-5-7-11/h3-7,12H,8-10H2,1-2H3. The summed E-state index contributed by atoms with van der Waals surface area (Å²) in [5, 5.41) is 0. The SMILES string of the molecule is CN(C)C(=O)C1COCC(=O)N1Cc1ccccc1. The minimum Gasteiger partial charge on any atom is -0.369 e. The van der Waals surface area contributed by atoms with Crippen LogP contribution in [0, 0.1) is 0 Å². The van der Waals surface area contributed by atoms with E-state index < -0.39 is 6.04 Å². The maximum atomic E-state index is 12.1. The van der Waals surface area contributed by atoms with E-state index in [-0.39, 0.29) is 25.0 Å². The van der Waals surface area contributed by atoms with Crippen LogP contribution in [0.4, 0.5) is 0 Å². The maximum Gasteiger partial charge on any atom is 0.249 e. The lowest BCUT2D eigenvalue weighted by Gasteiger charge is -2.35. The summed E-state index contributed by atoms with van der Waals surface area (Å²) in [6.45, 7) is 0.743. The third-order valence-corrected chi connectivity index (χ3v) is 3.12. The lowest BCUT2D eigenvalue weighted by molar-refractivity contribution is -0.158. The Labute approximate surface area is 112 Å². The van der Waals surface area contributed by atoms with Gasteiger partial charge in [-0.15, -0.1) is 0 Å². The largest absolute Gasteiger partial charge is 0.369 e. The minimum atomic E-state index is -0.531. The van der Waals surface area contributed by atoms with Crippen molar-refractivity contribution in [3.05, 3.63) is 35.9 Å². The zero-order valence-electron chi connectivity index (χ0n) is 11.2. The Morgan fingerprint density at radius 3 is 2.68 bits per heavy atom. The highest BCUT2D eigenvalue weighted by Crippen LogP contribution is 2.14. The van der Waals surface area contributed by atoms with Crippen molar-refractivity contribution in [2.75, 3.05) is 27.3 Å². The molecule has 5 nitrogen and oxygen atoms in total. The third kappa shape index (κ3) is 3.12. The lowest BCUT2D eigenvalue weighted by atomic mass is 10.1. The molecule has 0 N–H and O–H groups in total. The van der Waals surface area contributed by atoms with Gasteiger partial charge in [0, 0.05) is 20.6 Å². The van der Waals surface area contributed by atoms with Crippen molar-refractivity contribution in [3.63, 3.8) is 0 Å². The number of ether oxygens (including phenoxy) is 1. The van der Waals surface area contributed by atoms with Gasteiger partial charge in [-0.1, -0.05) is 30.3 Å². The van der Waals surface area contributed by atoms with Gasteiger partial charge < -0.3 is 14.5 Å². The summed E-state index contributed by atoms with van der Waals surface area (Å²) in [6.07, 6.45) is 0. The molecule has 19 heavy (non-hydrogen) atoms. The first-order valence-corrected chi connectivity index (χ1v) is 6.22. The zero-order valence-corrected chi connectivity index (χ0v) is 11.2. The summed E-state index contributed by atoms with van der Waals surface area (Å²) in [5.41, 5.74) is 1.01. The maximum absolute atomic E-state index is 12.1. The third-order valence-electron chi connectivity index (χ3n) is 3.12. The normalized spacial score (nSPS) is 19.4. The summed E-state index contributed by atoms with van der Waals surface area (Å²) in [4.78, 5) is 27.2. The fourth-order valence-corrected chi connectivity index (χ4v) is 2.09. The van der Waals surface area contributed by atoms with Crippen LogP contribution in [0.15, 0.2) is 30.3 Å². The number of rotatable bonds is 3. The van der Waals surface area contributed by atoms with E-state index in [0.29, 0.717) is 6.54 Å². The molecule has 2 amide bonds. The topological polar surface area (TPSA) is 49.9 Å². The number of carbonyl (C=O) groups excluding carboxylic acids is 2. The quantitative estimate of drug-likeness (QED) is 0.797. The molecule has 0 aromatic heterocycles. The highest BCUT2D eigenvalue weighted by Gasteiger charge is 2.34. The van der Waals surface area contributed by atoms with Crippen molar-refractivity contribution in [2.24, 2.45) is 0 Å². The lowest BCUT2D eigenvalue weighted by Crippen LogP contribution is -2.55. The molecule has 0 aliphatic carbocycles. The number of hydrogen-bond donors (Lipinski definition) is 0. The molecule has 0 radical (unpaired) electrons. The number of carbonyl (C=O) groups is 2. The van der Waals surface area contributed by atoms with Gasteiger partial charge in [-0.3, -0.25) is 9.59 Å². The highest BCUT2D eigenvalue weighted by atomic mass is 16.5. The van der Waals surface area contributed by atoms with Crippen LogP contribution in [0.1, 0.15) is 5.56 Å². The number of nitrogens with zero attached hydrogens (tertiary/aromatic N) is 2. The van der Waals surface area contributed by atoms with Gasteiger partial charge in [-0.05, 0) is 5.56 Å². The molecule has 1 aromatic carbocycles. The van der Waals surface area contributed by atoms with Crippen molar-refractivity contribution in [2.45, 2.75) is 12.6 Å². The van der Waals surface area contributed by atoms with Crippen LogP contribution in [0.3, 0.4) is 0 Å². The van der Waals surface area contributed by atoms with Gasteiger partial charge in [-0.2, -0.15) is 0 Å². The van der Waals surface area contributed by atoms with Gasteiger partial charge in [0.2, 0.25) is 11.8 Å². The van der Waals surface area contributed by atoms with Crippen LogP contribution in [0.2, 0.25) is 0 Å². The Kier molecular flexibility index (Phi) is 4.16. The average molecular weight is 262 g/mol. The molecule has 1 heterocycles. The van der Waals surface area contributed by atoms with Gasteiger partial charge in [0.25, 0.3) is 0 Å². The molecule has 1 aromatic rings. The van der Waals surface area contributed by atoms with E-state index in [0.717, 1.165) is 5.56 Å². The molecule has 0 bridgehead atoms. The second kappa shape index (κ2) is 5.84. The fraction of sp³-hybridized carbons (Fsp3) is 0.429. The van der Waals surface area contributed by atoms with Crippen molar-refractivity contribution >= 4 is 11.8 Å². The second-order valence-electron chi connectivity index (χ2n) is 4.77. The molecule has 1 saturated heterocycles. The summed E-state index contributed by atoms with van der Waals surface area (Å²) in [7, 11) is 3.37.